The summed E-state index contributed by atoms with van der Waals surface area (Å²) in [4.78, 5) is 14.7. The molecule has 3 heterocycles. The monoisotopic (exact) mass is 344 g/mol. The van der Waals surface area contributed by atoms with Crippen LogP contribution in [0.3, 0.4) is 0 Å². The van der Waals surface area contributed by atoms with E-state index in [1.807, 2.05) is 7.11 Å². The lowest BCUT2D eigenvalue weighted by molar-refractivity contribution is 0.00216. The van der Waals surface area contributed by atoms with Crippen LogP contribution in [0.2, 0.25) is 0 Å². The van der Waals surface area contributed by atoms with Crippen molar-refractivity contribution in [2.24, 2.45) is 5.41 Å². The molecular weight excluding hydrogens is 312 g/mol. The number of piperidine rings is 1. The molecule has 5 nitrogen and oxygen atoms in total. The third-order valence-corrected chi connectivity index (χ3v) is 6.55. The lowest BCUT2D eigenvalue weighted by Gasteiger charge is -2.44. The summed E-state index contributed by atoms with van der Waals surface area (Å²) < 4.78 is 5.87. The van der Waals surface area contributed by atoms with E-state index in [0.717, 1.165) is 44.4 Å². The fourth-order valence-electron chi connectivity index (χ4n) is 5.17. The molecule has 25 heavy (non-hydrogen) atoms. The van der Waals surface area contributed by atoms with Gasteiger partial charge in [-0.05, 0) is 44.9 Å². The van der Waals surface area contributed by atoms with Gasteiger partial charge in [-0.1, -0.05) is 13.3 Å². The average molecular weight is 345 g/mol. The Morgan fingerprint density at radius 3 is 2.60 bits per heavy atom. The van der Waals surface area contributed by atoms with E-state index in [9.17, 15) is 0 Å². The first-order valence-electron chi connectivity index (χ1n) is 10.1. The van der Waals surface area contributed by atoms with E-state index in [0.29, 0.717) is 11.5 Å². The fraction of sp³-hybridized carbons (Fsp3) is 0.800. The van der Waals surface area contributed by atoms with Crippen molar-refractivity contribution in [3.8, 4) is 0 Å². The smallest absolute Gasteiger partial charge is 0.227 e. The standard InChI is InChI=1S/C20H32N4O/c1-3-16-14-18(22-19(21-16)23-11-4-5-12-23)24-13-7-10-20(15-24)9-6-8-17(20)25-2/h14,17H,3-13,15H2,1-2H3/t17-,20+/m1/s1. The van der Waals surface area contributed by atoms with Crippen LogP contribution in [-0.4, -0.2) is 49.4 Å². The number of anilines is 2. The van der Waals surface area contributed by atoms with Crippen LogP contribution in [0.5, 0.6) is 0 Å². The van der Waals surface area contributed by atoms with E-state index >= 15 is 0 Å². The van der Waals surface area contributed by atoms with E-state index in [1.54, 1.807) is 0 Å². The highest BCUT2D eigenvalue weighted by Gasteiger charge is 2.46. The predicted octanol–water partition coefficient (Wildman–Crippen LogP) is 3.42. The minimum atomic E-state index is 0.331. The maximum Gasteiger partial charge on any atom is 0.227 e. The van der Waals surface area contributed by atoms with Crippen LogP contribution in [0.4, 0.5) is 11.8 Å². The molecule has 5 heteroatoms. The average Bonchev–Trinajstić information content (AvgIpc) is 3.31. The molecule has 1 saturated carbocycles. The Morgan fingerprint density at radius 1 is 1.08 bits per heavy atom. The maximum atomic E-state index is 5.87. The zero-order valence-electron chi connectivity index (χ0n) is 15.8. The first kappa shape index (κ1) is 17.1. The largest absolute Gasteiger partial charge is 0.381 e. The minimum absolute atomic E-state index is 0.331. The molecule has 2 aliphatic heterocycles. The van der Waals surface area contributed by atoms with Gasteiger partial charge in [0.05, 0.1) is 6.10 Å². The molecule has 0 N–H and O–H groups in total. The van der Waals surface area contributed by atoms with Crippen molar-refractivity contribution in [3.63, 3.8) is 0 Å². The van der Waals surface area contributed by atoms with Crippen LogP contribution < -0.4 is 9.80 Å². The number of ether oxygens (including phenoxy) is 1. The number of methoxy groups -OCH3 is 1. The second kappa shape index (κ2) is 7.10. The molecule has 1 spiro atoms. The number of hydrogen-bond acceptors (Lipinski definition) is 5. The Morgan fingerprint density at radius 2 is 1.84 bits per heavy atom. The highest BCUT2D eigenvalue weighted by Crippen LogP contribution is 2.47. The van der Waals surface area contributed by atoms with Crippen LogP contribution in [0.1, 0.15) is 57.6 Å². The Kier molecular flexibility index (Phi) is 4.85. The molecule has 0 bridgehead atoms. The van der Waals surface area contributed by atoms with Gasteiger partial charge in [-0.2, -0.15) is 4.98 Å². The molecule has 1 aliphatic carbocycles. The first-order chi connectivity index (χ1) is 12.2. The molecular formula is C20H32N4O. The zero-order valence-corrected chi connectivity index (χ0v) is 15.8. The summed E-state index contributed by atoms with van der Waals surface area (Å²) in [7, 11) is 1.89. The molecule has 1 aromatic heterocycles. The summed E-state index contributed by atoms with van der Waals surface area (Å²) in [5.74, 6) is 2.08. The van der Waals surface area contributed by atoms with Crippen molar-refractivity contribution in [1.82, 2.24) is 9.97 Å². The van der Waals surface area contributed by atoms with Crippen molar-refractivity contribution >= 4 is 11.8 Å². The fourth-order valence-corrected chi connectivity index (χ4v) is 5.17. The Labute approximate surface area is 151 Å². The van der Waals surface area contributed by atoms with E-state index in [1.165, 1.54) is 50.6 Å². The summed E-state index contributed by atoms with van der Waals surface area (Å²) in [6.07, 6.45) is 10.3. The van der Waals surface area contributed by atoms with Crippen LogP contribution in [0.25, 0.3) is 0 Å². The number of rotatable bonds is 4. The first-order valence-corrected chi connectivity index (χ1v) is 10.1. The molecule has 3 fully saturated rings. The van der Waals surface area contributed by atoms with E-state index < -0.39 is 0 Å². The molecule has 2 atom stereocenters. The van der Waals surface area contributed by atoms with Crippen molar-refractivity contribution in [1.29, 1.82) is 0 Å². The summed E-state index contributed by atoms with van der Waals surface area (Å²) in [6, 6.07) is 2.22. The molecule has 1 aromatic rings. The normalized spacial score (nSPS) is 29.8. The van der Waals surface area contributed by atoms with Gasteiger partial charge in [-0.15, -0.1) is 0 Å². The SMILES string of the molecule is CCc1cc(N2CCC[C@@]3(CCC[C@H]3OC)C2)nc(N2CCCC2)n1. The van der Waals surface area contributed by atoms with Crippen molar-refractivity contribution in [2.75, 3.05) is 43.1 Å². The molecule has 2 saturated heterocycles. The molecule has 0 radical (unpaired) electrons. The Balaban J connectivity index is 1.61. The highest BCUT2D eigenvalue weighted by molar-refractivity contribution is 5.47. The van der Waals surface area contributed by atoms with Gasteiger partial charge in [0.15, 0.2) is 0 Å². The highest BCUT2D eigenvalue weighted by atomic mass is 16.5. The van der Waals surface area contributed by atoms with Crippen LogP contribution in [0, 0.1) is 5.41 Å². The predicted molar refractivity (Wildman–Crippen MR) is 101 cm³/mol. The number of hydrogen-bond donors (Lipinski definition) is 0. The summed E-state index contributed by atoms with van der Waals surface area (Å²) >= 11 is 0. The molecule has 4 rings (SSSR count). The molecule has 138 valence electrons. The van der Waals surface area contributed by atoms with E-state index in [4.69, 9.17) is 14.7 Å². The van der Waals surface area contributed by atoms with Gasteiger partial charge < -0.3 is 14.5 Å². The van der Waals surface area contributed by atoms with E-state index in [-0.39, 0.29) is 0 Å². The summed E-state index contributed by atoms with van der Waals surface area (Å²) in [6.45, 7) is 6.59. The third kappa shape index (κ3) is 3.23. The maximum absolute atomic E-state index is 5.87. The molecule has 0 amide bonds. The number of nitrogens with zero attached hydrogens (tertiary/aromatic N) is 4. The summed E-state index contributed by atoms with van der Waals surface area (Å²) in [5, 5.41) is 0. The molecule has 3 aliphatic rings. The minimum Gasteiger partial charge on any atom is -0.381 e. The van der Waals surface area contributed by atoms with Crippen molar-refractivity contribution in [2.45, 2.75) is 64.4 Å². The topological polar surface area (TPSA) is 41.5 Å². The van der Waals surface area contributed by atoms with E-state index in [2.05, 4.69) is 22.8 Å². The van der Waals surface area contributed by atoms with Crippen LogP contribution in [0.15, 0.2) is 6.07 Å². The van der Waals surface area contributed by atoms with Gasteiger partial charge in [0.1, 0.15) is 5.82 Å². The van der Waals surface area contributed by atoms with Gasteiger partial charge >= 0.3 is 0 Å². The third-order valence-electron chi connectivity index (χ3n) is 6.55. The summed E-state index contributed by atoms with van der Waals surface area (Å²) in [5.41, 5.74) is 1.50. The van der Waals surface area contributed by atoms with Gasteiger partial charge in [-0.3, -0.25) is 0 Å². The van der Waals surface area contributed by atoms with Gasteiger partial charge in [0.2, 0.25) is 5.95 Å². The van der Waals surface area contributed by atoms with Gasteiger partial charge in [0.25, 0.3) is 0 Å². The lowest BCUT2D eigenvalue weighted by Crippen LogP contribution is -2.48. The molecule has 0 aromatic carbocycles. The second-order valence-corrected chi connectivity index (χ2v) is 8.07. The van der Waals surface area contributed by atoms with Crippen LogP contribution >= 0.6 is 0 Å². The number of aromatic nitrogens is 2. The zero-order chi connectivity index (χ0) is 17.3. The number of aryl methyl sites for hydroxylation is 1. The van der Waals surface area contributed by atoms with Gasteiger partial charge in [0, 0.05) is 50.5 Å². The Hall–Kier alpha value is -1.36. The lowest BCUT2D eigenvalue weighted by atomic mass is 9.76. The Bertz CT molecular complexity index is 601. The van der Waals surface area contributed by atoms with Crippen molar-refractivity contribution < 1.29 is 4.74 Å². The van der Waals surface area contributed by atoms with Gasteiger partial charge in [-0.25, -0.2) is 4.98 Å². The van der Waals surface area contributed by atoms with Crippen molar-refractivity contribution in [3.05, 3.63) is 11.8 Å². The quantitative estimate of drug-likeness (QED) is 0.837. The molecule has 0 unspecified atom stereocenters. The van der Waals surface area contributed by atoms with Crippen LogP contribution in [-0.2, 0) is 11.2 Å². The second-order valence-electron chi connectivity index (χ2n) is 8.07.